The first-order valence-corrected chi connectivity index (χ1v) is 8.45. The van der Waals surface area contributed by atoms with Crippen LogP contribution in [0.2, 0.25) is 5.02 Å². The number of aryl methyl sites for hydroxylation is 1. The normalized spacial score (nSPS) is 19.2. The summed E-state index contributed by atoms with van der Waals surface area (Å²) < 4.78 is 15.8. The zero-order valence-corrected chi connectivity index (χ0v) is 17.0. The lowest BCUT2D eigenvalue weighted by molar-refractivity contribution is 0.569. The van der Waals surface area contributed by atoms with Gasteiger partial charge in [-0.15, -0.1) is 24.0 Å². The van der Waals surface area contributed by atoms with Gasteiger partial charge in [0.25, 0.3) is 0 Å². The van der Waals surface area contributed by atoms with Crippen LogP contribution in [0, 0.1) is 5.82 Å². The number of aromatic nitrogens is 2. The number of aliphatic imine (C=N–C) groups is 1. The number of hydrogen-bond acceptors (Lipinski definition) is 2. The molecule has 3 rings (SSSR count). The van der Waals surface area contributed by atoms with Crippen molar-refractivity contribution < 1.29 is 4.39 Å². The van der Waals surface area contributed by atoms with E-state index < -0.39 is 0 Å². The molecule has 1 aromatic heterocycles. The zero-order valence-electron chi connectivity index (χ0n) is 14.0. The Morgan fingerprint density at radius 2 is 2.28 bits per heavy atom. The van der Waals surface area contributed by atoms with Gasteiger partial charge in [0.1, 0.15) is 5.82 Å². The molecule has 2 aromatic rings. The number of hydrogen-bond donors (Lipinski definition) is 2. The second-order valence-corrected chi connectivity index (χ2v) is 6.26. The fourth-order valence-electron chi connectivity index (χ4n) is 2.79. The molecule has 1 aliphatic rings. The topological polar surface area (TPSA) is 54.2 Å². The number of halogens is 3. The van der Waals surface area contributed by atoms with Gasteiger partial charge in [-0.25, -0.2) is 4.39 Å². The molecule has 5 nitrogen and oxygen atoms in total. The first-order chi connectivity index (χ1) is 11.7. The predicted molar refractivity (Wildman–Crippen MR) is 109 cm³/mol. The Labute approximate surface area is 169 Å². The minimum atomic E-state index is -0.237. The summed E-state index contributed by atoms with van der Waals surface area (Å²) >= 11 is 6.13. The summed E-state index contributed by atoms with van der Waals surface area (Å²) in [5.74, 6) is 0.593. The van der Waals surface area contributed by atoms with Crippen LogP contribution >= 0.6 is 35.6 Å². The van der Waals surface area contributed by atoms with Gasteiger partial charge in [-0.2, -0.15) is 5.10 Å². The second kappa shape index (κ2) is 9.38. The Morgan fingerprint density at radius 3 is 2.96 bits per heavy atom. The summed E-state index contributed by atoms with van der Waals surface area (Å²) in [5.41, 5.74) is 0.603. The minimum absolute atomic E-state index is 0. The Hall–Kier alpha value is -1.35. The molecule has 25 heavy (non-hydrogen) atoms. The SMILES string of the molecule is CN=C(NCCCn1cccn1)NC1CC1c1c(F)cccc1Cl.I. The van der Waals surface area contributed by atoms with Crippen molar-refractivity contribution in [3.05, 3.63) is 53.1 Å². The standard InChI is InChI=1S/C17H21ClFN5.HI/c1-20-17(21-7-3-9-24-10-4-8-22-24)23-15-11-12(15)16-13(18)5-2-6-14(16)19;/h2,4-6,8,10,12,15H,3,7,9,11H2,1H3,(H2,20,21,23);1H. The summed E-state index contributed by atoms with van der Waals surface area (Å²) in [6.45, 7) is 1.64. The smallest absolute Gasteiger partial charge is 0.191 e. The first kappa shape index (κ1) is 20.0. The Kier molecular flexibility index (Phi) is 7.49. The highest BCUT2D eigenvalue weighted by atomic mass is 127. The van der Waals surface area contributed by atoms with Crippen LogP contribution in [-0.2, 0) is 6.54 Å². The molecule has 2 atom stereocenters. The molecule has 0 spiro atoms. The summed E-state index contributed by atoms with van der Waals surface area (Å²) in [6.07, 6.45) is 5.51. The summed E-state index contributed by atoms with van der Waals surface area (Å²) in [4.78, 5) is 4.22. The van der Waals surface area contributed by atoms with Gasteiger partial charge >= 0.3 is 0 Å². The highest BCUT2D eigenvalue weighted by Gasteiger charge is 2.41. The minimum Gasteiger partial charge on any atom is -0.356 e. The summed E-state index contributed by atoms with van der Waals surface area (Å²) in [6, 6.07) is 6.90. The van der Waals surface area contributed by atoms with Crippen LogP contribution in [0.5, 0.6) is 0 Å². The van der Waals surface area contributed by atoms with Crippen molar-refractivity contribution in [1.82, 2.24) is 20.4 Å². The van der Waals surface area contributed by atoms with Crippen LogP contribution in [0.4, 0.5) is 4.39 Å². The number of nitrogens with one attached hydrogen (secondary N) is 2. The molecule has 1 saturated carbocycles. The number of guanidine groups is 1. The maximum absolute atomic E-state index is 14.0. The molecule has 0 amide bonds. The van der Waals surface area contributed by atoms with E-state index in [0.717, 1.165) is 31.9 Å². The quantitative estimate of drug-likeness (QED) is 0.290. The average molecular weight is 478 g/mol. The van der Waals surface area contributed by atoms with E-state index in [1.165, 1.54) is 6.07 Å². The van der Waals surface area contributed by atoms with Crippen LogP contribution in [0.15, 0.2) is 41.7 Å². The largest absolute Gasteiger partial charge is 0.356 e. The van der Waals surface area contributed by atoms with Crippen LogP contribution in [-0.4, -0.2) is 35.4 Å². The van der Waals surface area contributed by atoms with Gasteiger partial charge in [-0.05, 0) is 31.0 Å². The van der Waals surface area contributed by atoms with Crippen LogP contribution in [0.25, 0.3) is 0 Å². The molecule has 0 bridgehead atoms. The summed E-state index contributed by atoms with van der Waals surface area (Å²) in [5, 5.41) is 11.3. The van der Waals surface area contributed by atoms with Crippen molar-refractivity contribution in [2.75, 3.05) is 13.6 Å². The van der Waals surface area contributed by atoms with E-state index in [0.29, 0.717) is 10.6 Å². The van der Waals surface area contributed by atoms with Gasteiger partial charge < -0.3 is 10.6 Å². The highest BCUT2D eigenvalue weighted by molar-refractivity contribution is 14.0. The van der Waals surface area contributed by atoms with Gasteiger partial charge in [0.15, 0.2) is 5.96 Å². The number of rotatable bonds is 6. The van der Waals surface area contributed by atoms with E-state index in [9.17, 15) is 4.39 Å². The van der Waals surface area contributed by atoms with Gasteiger partial charge in [-0.3, -0.25) is 9.67 Å². The molecule has 0 saturated heterocycles. The molecule has 1 aromatic carbocycles. The zero-order chi connectivity index (χ0) is 16.9. The Bertz CT molecular complexity index is 687. The monoisotopic (exact) mass is 477 g/mol. The maximum atomic E-state index is 14.0. The van der Waals surface area contributed by atoms with E-state index in [1.807, 2.05) is 16.9 Å². The summed E-state index contributed by atoms with van der Waals surface area (Å²) in [7, 11) is 1.73. The maximum Gasteiger partial charge on any atom is 0.191 e. The first-order valence-electron chi connectivity index (χ1n) is 8.07. The molecule has 1 fully saturated rings. The fourth-order valence-corrected chi connectivity index (χ4v) is 3.09. The average Bonchev–Trinajstić information content (AvgIpc) is 3.10. The molecule has 2 N–H and O–H groups in total. The van der Waals surface area contributed by atoms with Crippen LogP contribution < -0.4 is 10.6 Å². The number of benzene rings is 1. The van der Waals surface area contributed by atoms with Crippen molar-refractivity contribution in [2.24, 2.45) is 4.99 Å². The molecule has 2 unspecified atom stereocenters. The molecule has 0 radical (unpaired) electrons. The van der Waals surface area contributed by atoms with Crippen molar-refractivity contribution >= 4 is 41.5 Å². The Balaban J connectivity index is 0.00000225. The lowest BCUT2D eigenvalue weighted by Gasteiger charge is -2.12. The third-order valence-corrected chi connectivity index (χ3v) is 4.45. The molecular formula is C17H22ClFIN5. The lowest BCUT2D eigenvalue weighted by Crippen LogP contribution is -2.39. The van der Waals surface area contributed by atoms with Gasteiger partial charge in [0, 0.05) is 55.1 Å². The van der Waals surface area contributed by atoms with E-state index in [-0.39, 0.29) is 41.8 Å². The third kappa shape index (κ3) is 5.31. The van der Waals surface area contributed by atoms with Crippen molar-refractivity contribution in [2.45, 2.75) is 31.3 Å². The predicted octanol–water partition coefficient (Wildman–Crippen LogP) is 3.40. The van der Waals surface area contributed by atoms with Crippen molar-refractivity contribution in [1.29, 1.82) is 0 Å². The van der Waals surface area contributed by atoms with Gasteiger partial charge in [-0.1, -0.05) is 17.7 Å². The molecule has 0 aliphatic heterocycles. The van der Waals surface area contributed by atoms with Crippen molar-refractivity contribution in [3.8, 4) is 0 Å². The van der Waals surface area contributed by atoms with E-state index in [2.05, 4.69) is 20.7 Å². The van der Waals surface area contributed by atoms with E-state index in [4.69, 9.17) is 11.6 Å². The highest BCUT2D eigenvalue weighted by Crippen LogP contribution is 2.44. The molecule has 1 aliphatic carbocycles. The van der Waals surface area contributed by atoms with E-state index in [1.54, 1.807) is 25.4 Å². The molecule has 1 heterocycles. The second-order valence-electron chi connectivity index (χ2n) is 5.85. The number of nitrogens with zero attached hydrogens (tertiary/aromatic N) is 3. The Morgan fingerprint density at radius 1 is 1.44 bits per heavy atom. The lowest BCUT2D eigenvalue weighted by atomic mass is 10.1. The van der Waals surface area contributed by atoms with Gasteiger partial charge in [0.2, 0.25) is 0 Å². The van der Waals surface area contributed by atoms with Crippen molar-refractivity contribution in [3.63, 3.8) is 0 Å². The van der Waals surface area contributed by atoms with Crippen LogP contribution in [0.3, 0.4) is 0 Å². The van der Waals surface area contributed by atoms with Crippen LogP contribution in [0.1, 0.15) is 24.3 Å². The van der Waals surface area contributed by atoms with E-state index >= 15 is 0 Å². The fraction of sp³-hybridized carbons (Fsp3) is 0.412. The molecular weight excluding hydrogens is 456 g/mol. The molecule has 136 valence electrons. The molecule has 8 heteroatoms. The third-order valence-electron chi connectivity index (χ3n) is 4.12. The van der Waals surface area contributed by atoms with Gasteiger partial charge in [0.05, 0.1) is 0 Å².